The SMILES string of the molecule is CN(CCNC(=O)CCn1cncn1)c1ccccc1. The number of carbonyl (C=O) groups is 1. The smallest absolute Gasteiger partial charge is 0.221 e. The first-order valence-electron chi connectivity index (χ1n) is 6.61. The molecule has 1 aromatic carbocycles. The maximum absolute atomic E-state index is 11.7. The summed E-state index contributed by atoms with van der Waals surface area (Å²) in [6, 6.07) is 10.1. The fourth-order valence-corrected chi connectivity index (χ4v) is 1.83. The molecule has 0 aliphatic rings. The monoisotopic (exact) mass is 273 g/mol. The van der Waals surface area contributed by atoms with Crippen molar-refractivity contribution < 1.29 is 4.79 Å². The van der Waals surface area contributed by atoms with Gasteiger partial charge in [-0.1, -0.05) is 18.2 Å². The number of nitrogens with zero attached hydrogens (tertiary/aromatic N) is 4. The molecule has 106 valence electrons. The zero-order valence-corrected chi connectivity index (χ0v) is 11.6. The van der Waals surface area contributed by atoms with Crippen LogP contribution in [0.5, 0.6) is 0 Å². The highest BCUT2D eigenvalue weighted by Crippen LogP contribution is 2.09. The topological polar surface area (TPSA) is 63.1 Å². The number of aryl methyl sites for hydroxylation is 1. The summed E-state index contributed by atoms with van der Waals surface area (Å²) >= 11 is 0. The van der Waals surface area contributed by atoms with Crippen molar-refractivity contribution in [3.05, 3.63) is 43.0 Å². The number of benzene rings is 1. The van der Waals surface area contributed by atoms with Crippen molar-refractivity contribution in [2.75, 3.05) is 25.0 Å². The summed E-state index contributed by atoms with van der Waals surface area (Å²) < 4.78 is 1.65. The maximum Gasteiger partial charge on any atom is 0.221 e. The quantitative estimate of drug-likeness (QED) is 0.815. The maximum atomic E-state index is 11.7. The number of carbonyl (C=O) groups excluding carboxylic acids is 1. The fourth-order valence-electron chi connectivity index (χ4n) is 1.83. The number of hydrogen-bond acceptors (Lipinski definition) is 4. The van der Waals surface area contributed by atoms with E-state index in [0.29, 0.717) is 19.5 Å². The summed E-state index contributed by atoms with van der Waals surface area (Å²) in [5.74, 6) is 0.0296. The standard InChI is InChI=1S/C14H19N5O/c1-18(13-5-3-2-4-6-13)10-8-16-14(20)7-9-19-12-15-11-17-19/h2-6,11-12H,7-10H2,1H3,(H,16,20). The molecule has 0 saturated heterocycles. The summed E-state index contributed by atoms with van der Waals surface area (Å²) in [6.07, 6.45) is 3.49. The Kier molecular flexibility index (Phi) is 5.11. The van der Waals surface area contributed by atoms with Crippen molar-refractivity contribution in [3.8, 4) is 0 Å². The van der Waals surface area contributed by atoms with Crippen molar-refractivity contribution in [2.24, 2.45) is 0 Å². The summed E-state index contributed by atoms with van der Waals surface area (Å²) in [7, 11) is 2.01. The van der Waals surface area contributed by atoms with E-state index in [1.54, 1.807) is 11.0 Å². The van der Waals surface area contributed by atoms with E-state index in [1.807, 2.05) is 37.4 Å². The minimum absolute atomic E-state index is 0.0296. The number of amides is 1. The van der Waals surface area contributed by atoms with Gasteiger partial charge in [0.2, 0.25) is 5.91 Å². The van der Waals surface area contributed by atoms with Crippen molar-refractivity contribution in [1.82, 2.24) is 20.1 Å². The van der Waals surface area contributed by atoms with Crippen LogP contribution >= 0.6 is 0 Å². The molecule has 6 heteroatoms. The molecule has 0 aliphatic carbocycles. The molecule has 1 aromatic heterocycles. The lowest BCUT2D eigenvalue weighted by molar-refractivity contribution is -0.121. The number of nitrogens with one attached hydrogen (secondary N) is 1. The molecule has 20 heavy (non-hydrogen) atoms. The molecule has 0 radical (unpaired) electrons. The zero-order chi connectivity index (χ0) is 14.2. The predicted octanol–water partition coefficient (Wildman–Crippen LogP) is 0.921. The van der Waals surface area contributed by atoms with E-state index >= 15 is 0 Å². The van der Waals surface area contributed by atoms with Gasteiger partial charge in [0.25, 0.3) is 0 Å². The van der Waals surface area contributed by atoms with Crippen LogP contribution in [0.1, 0.15) is 6.42 Å². The van der Waals surface area contributed by atoms with Gasteiger partial charge in [0.05, 0.1) is 6.54 Å². The minimum atomic E-state index is 0.0296. The second kappa shape index (κ2) is 7.28. The first-order valence-corrected chi connectivity index (χ1v) is 6.61. The molecule has 2 rings (SSSR count). The molecular weight excluding hydrogens is 254 g/mol. The molecule has 0 bridgehead atoms. The summed E-state index contributed by atoms with van der Waals surface area (Å²) in [5.41, 5.74) is 1.14. The van der Waals surface area contributed by atoms with Gasteiger partial charge in [-0.2, -0.15) is 5.10 Å². The third kappa shape index (κ3) is 4.38. The van der Waals surface area contributed by atoms with Gasteiger partial charge in [0, 0.05) is 32.2 Å². The average Bonchev–Trinajstić information content (AvgIpc) is 2.99. The van der Waals surface area contributed by atoms with Crippen LogP contribution in [0.3, 0.4) is 0 Å². The number of aromatic nitrogens is 3. The number of likely N-dealkylation sites (N-methyl/N-ethyl adjacent to an activating group) is 1. The van der Waals surface area contributed by atoms with Crippen molar-refractivity contribution in [3.63, 3.8) is 0 Å². The van der Waals surface area contributed by atoms with Crippen molar-refractivity contribution in [1.29, 1.82) is 0 Å². The van der Waals surface area contributed by atoms with Crippen LogP contribution in [-0.4, -0.2) is 40.8 Å². The second-order valence-corrected chi connectivity index (χ2v) is 4.52. The number of hydrogen-bond donors (Lipinski definition) is 1. The van der Waals surface area contributed by atoms with Crippen LogP contribution in [0.2, 0.25) is 0 Å². The van der Waals surface area contributed by atoms with Crippen LogP contribution < -0.4 is 10.2 Å². The van der Waals surface area contributed by atoms with Crippen LogP contribution in [0.4, 0.5) is 5.69 Å². The molecule has 0 saturated carbocycles. The fraction of sp³-hybridized carbons (Fsp3) is 0.357. The molecule has 0 atom stereocenters. The largest absolute Gasteiger partial charge is 0.373 e. The normalized spacial score (nSPS) is 10.2. The molecule has 0 fully saturated rings. The highest BCUT2D eigenvalue weighted by atomic mass is 16.1. The Morgan fingerprint density at radius 2 is 2.15 bits per heavy atom. The first kappa shape index (κ1) is 14.0. The van der Waals surface area contributed by atoms with E-state index in [-0.39, 0.29) is 5.91 Å². The predicted molar refractivity (Wildman–Crippen MR) is 77.4 cm³/mol. The van der Waals surface area contributed by atoms with Crippen LogP contribution in [-0.2, 0) is 11.3 Å². The Balaban J connectivity index is 1.64. The molecule has 0 spiro atoms. The zero-order valence-electron chi connectivity index (χ0n) is 11.6. The van der Waals surface area contributed by atoms with Gasteiger partial charge >= 0.3 is 0 Å². The highest BCUT2D eigenvalue weighted by molar-refractivity contribution is 5.75. The number of para-hydroxylation sites is 1. The third-order valence-corrected chi connectivity index (χ3v) is 3.00. The van der Waals surface area contributed by atoms with Crippen LogP contribution in [0.25, 0.3) is 0 Å². The van der Waals surface area contributed by atoms with E-state index in [1.165, 1.54) is 6.33 Å². The lowest BCUT2D eigenvalue weighted by Gasteiger charge is -2.19. The molecule has 0 unspecified atom stereocenters. The van der Waals surface area contributed by atoms with Gasteiger partial charge in [0.1, 0.15) is 12.7 Å². The Morgan fingerprint density at radius 3 is 2.85 bits per heavy atom. The van der Waals surface area contributed by atoms with E-state index in [4.69, 9.17) is 0 Å². The lowest BCUT2D eigenvalue weighted by atomic mass is 10.3. The van der Waals surface area contributed by atoms with Gasteiger partial charge in [-0.25, -0.2) is 4.98 Å². The molecule has 1 heterocycles. The molecular formula is C14H19N5O. The Labute approximate surface area is 118 Å². The molecule has 1 amide bonds. The van der Waals surface area contributed by atoms with Crippen LogP contribution in [0, 0.1) is 0 Å². The minimum Gasteiger partial charge on any atom is -0.373 e. The average molecular weight is 273 g/mol. The van der Waals surface area contributed by atoms with Gasteiger partial charge < -0.3 is 10.2 Å². The van der Waals surface area contributed by atoms with Crippen molar-refractivity contribution >= 4 is 11.6 Å². The summed E-state index contributed by atoms with van der Waals surface area (Å²) in [5, 5.41) is 6.86. The Morgan fingerprint density at radius 1 is 1.35 bits per heavy atom. The molecule has 0 aliphatic heterocycles. The van der Waals surface area contributed by atoms with Gasteiger partial charge in [-0.3, -0.25) is 9.48 Å². The Bertz CT molecular complexity index is 512. The van der Waals surface area contributed by atoms with Gasteiger partial charge in [-0.05, 0) is 12.1 Å². The molecule has 2 aromatic rings. The van der Waals surface area contributed by atoms with E-state index in [0.717, 1.165) is 12.2 Å². The van der Waals surface area contributed by atoms with Crippen molar-refractivity contribution in [2.45, 2.75) is 13.0 Å². The van der Waals surface area contributed by atoms with E-state index in [2.05, 4.69) is 20.3 Å². The number of anilines is 1. The number of rotatable bonds is 7. The summed E-state index contributed by atoms with van der Waals surface area (Å²) in [6.45, 7) is 1.96. The molecule has 6 nitrogen and oxygen atoms in total. The highest BCUT2D eigenvalue weighted by Gasteiger charge is 2.03. The van der Waals surface area contributed by atoms with E-state index < -0.39 is 0 Å². The first-order chi connectivity index (χ1) is 9.75. The third-order valence-electron chi connectivity index (χ3n) is 3.00. The molecule has 1 N–H and O–H groups in total. The lowest BCUT2D eigenvalue weighted by Crippen LogP contribution is -2.33. The van der Waals surface area contributed by atoms with Gasteiger partial charge in [0.15, 0.2) is 0 Å². The summed E-state index contributed by atoms with van der Waals surface area (Å²) in [4.78, 5) is 17.6. The van der Waals surface area contributed by atoms with E-state index in [9.17, 15) is 4.79 Å². The second-order valence-electron chi connectivity index (χ2n) is 4.52. The Hall–Kier alpha value is -2.37. The van der Waals surface area contributed by atoms with Crippen LogP contribution in [0.15, 0.2) is 43.0 Å². The van der Waals surface area contributed by atoms with Gasteiger partial charge in [-0.15, -0.1) is 0 Å².